The van der Waals surface area contributed by atoms with E-state index in [0.717, 1.165) is 4.90 Å². The van der Waals surface area contributed by atoms with Crippen LogP contribution in [-0.2, 0) is 16.1 Å². The number of hydrogen-bond acceptors (Lipinski definition) is 6. The second-order valence-electron chi connectivity index (χ2n) is 9.73. The van der Waals surface area contributed by atoms with Gasteiger partial charge in [0.15, 0.2) is 11.6 Å². The van der Waals surface area contributed by atoms with E-state index in [0.29, 0.717) is 27.5 Å². The number of nitrogens with zero attached hydrogens (tertiary/aromatic N) is 5. The Morgan fingerprint density at radius 3 is 2.80 bits per heavy atom. The average Bonchev–Trinajstić information content (AvgIpc) is 3.68. The number of carbonyl (C=O) groups is 3. The number of alkyl halides is 1. The molecule has 0 saturated carbocycles. The monoisotopic (exact) mass is 577 g/mol. The molecule has 10 nitrogen and oxygen atoms in total. The Balaban J connectivity index is 1.24. The highest BCUT2D eigenvalue weighted by Crippen LogP contribution is 2.36. The highest BCUT2D eigenvalue weighted by molar-refractivity contribution is 6.37. The number of benzene rings is 2. The first-order chi connectivity index (χ1) is 19.7. The van der Waals surface area contributed by atoms with Gasteiger partial charge in [-0.15, -0.1) is 0 Å². The lowest BCUT2D eigenvalue weighted by atomic mass is 10.0. The number of amides is 2. The van der Waals surface area contributed by atoms with Crippen molar-refractivity contribution in [2.45, 2.75) is 32.1 Å². The molecule has 6 rings (SSSR count). The largest absolute Gasteiger partial charge is 0.345 e. The predicted molar refractivity (Wildman–Crippen MR) is 148 cm³/mol. The number of Topliss-reactive ketones (excluding diaryl/α,β-unsaturated/α-hetero) is 1. The molecule has 2 amide bonds. The predicted octanol–water partition coefficient (Wildman–Crippen LogP) is 4.55. The second-order valence-corrected chi connectivity index (χ2v) is 10.1. The molecule has 13 heteroatoms. The van der Waals surface area contributed by atoms with Gasteiger partial charge in [0.2, 0.25) is 11.8 Å². The van der Waals surface area contributed by atoms with E-state index in [2.05, 4.69) is 25.4 Å². The van der Waals surface area contributed by atoms with Gasteiger partial charge in [-0.3, -0.25) is 24.0 Å². The highest BCUT2D eigenvalue weighted by Gasteiger charge is 2.40. The van der Waals surface area contributed by atoms with Crippen LogP contribution >= 0.6 is 11.6 Å². The molecule has 5 aromatic rings. The number of hydrogen-bond donors (Lipinski definition) is 2. The van der Waals surface area contributed by atoms with Crippen molar-refractivity contribution in [1.82, 2.24) is 29.6 Å². The highest BCUT2D eigenvalue weighted by atomic mass is 35.5. The van der Waals surface area contributed by atoms with Gasteiger partial charge in [-0.1, -0.05) is 29.8 Å². The molecule has 41 heavy (non-hydrogen) atoms. The average molecular weight is 578 g/mol. The number of rotatable bonds is 6. The molecule has 0 radical (unpaired) electrons. The number of halogens is 3. The lowest BCUT2D eigenvalue weighted by Crippen LogP contribution is -2.44. The molecular formula is C28H22ClF2N7O3. The Bertz CT molecular complexity index is 1850. The Labute approximate surface area is 236 Å². The first kappa shape index (κ1) is 26.5. The molecule has 1 aliphatic heterocycles. The van der Waals surface area contributed by atoms with Crippen LogP contribution in [0, 0.1) is 5.82 Å². The molecule has 1 saturated heterocycles. The summed E-state index contributed by atoms with van der Waals surface area (Å²) in [5.74, 6) is -2.34. The van der Waals surface area contributed by atoms with Crippen LogP contribution in [0.15, 0.2) is 55.1 Å². The molecule has 2 N–H and O–H groups in total. The number of likely N-dealkylation sites (tertiary alicyclic amines) is 1. The number of ketones is 1. The Morgan fingerprint density at radius 1 is 1.17 bits per heavy atom. The zero-order valence-corrected chi connectivity index (χ0v) is 22.3. The fourth-order valence-electron chi connectivity index (χ4n) is 5.16. The van der Waals surface area contributed by atoms with Crippen molar-refractivity contribution in [3.63, 3.8) is 0 Å². The molecule has 208 valence electrons. The maximum Gasteiger partial charge on any atom is 0.247 e. The van der Waals surface area contributed by atoms with Crippen molar-refractivity contribution in [3.8, 4) is 11.1 Å². The first-order valence-electron chi connectivity index (χ1n) is 12.7. The molecule has 2 aromatic carbocycles. The quantitative estimate of drug-likeness (QED) is 0.285. The SMILES string of the molecule is CC(=O)c1nn(CC(=O)N2C[C@H](F)C[C@H]2C(=O)Nc2cccc(-c3ccc4[nH]cnc4c3Cl)c2F)c2cnccc12. The van der Waals surface area contributed by atoms with Crippen LogP contribution in [0.1, 0.15) is 23.8 Å². The van der Waals surface area contributed by atoms with Gasteiger partial charge in [0.25, 0.3) is 0 Å². The number of imidazole rings is 1. The maximum absolute atomic E-state index is 15.6. The fourth-order valence-corrected chi connectivity index (χ4v) is 5.48. The lowest BCUT2D eigenvalue weighted by Gasteiger charge is -2.24. The van der Waals surface area contributed by atoms with E-state index >= 15 is 4.39 Å². The third kappa shape index (κ3) is 4.69. The van der Waals surface area contributed by atoms with Crippen LogP contribution in [0.2, 0.25) is 5.02 Å². The molecule has 1 aliphatic rings. The summed E-state index contributed by atoms with van der Waals surface area (Å²) in [5.41, 5.74) is 2.17. The molecule has 0 bridgehead atoms. The molecule has 0 spiro atoms. The van der Waals surface area contributed by atoms with Crippen LogP contribution < -0.4 is 5.32 Å². The summed E-state index contributed by atoms with van der Waals surface area (Å²) in [4.78, 5) is 50.9. The van der Waals surface area contributed by atoms with Crippen LogP contribution in [-0.4, -0.2) is 66.0 Å². The van der Waals surface area contributed by atoms with E-state index < -0.39 is 29.8 Å². The Hall–Kier alpha value is -4.71. The van der Waals surface area contributed by atoms with Gasteiger partial charge in [0, 0.05) is 36.1 Å². The molecule has 1 fully saturated rings. The summed E-state index contributed by atoms with van der Waals surface area (Å²) in [6, 6.07) is 8.24. The van der Waals surface area contributed by atoms with Crippen LogP contribution in [0.4, 0.5) is 14.5 Å². The number of aromatic amines is 1. The van der Waals surface area contributed by atoms with Crippen molar-refractivity contribution in [2.75, 3.05) is 11.9 Å². The molecular weight excluding hydrogens is 556 g/mol. The summed E-state index contributed by atoms with van der Waals surface area (Å²) < 4.78 is 31.5. The molecule has 3 aromatic heterocycles. The van der Waals surface area contributed by atoms with Gasteiger partial charge in [-0.25, -0.2) is 13.8 Å². The number of H-pyrrole nitrogens is 1. The van der Waals surface area contributed by atoms with Crippen molar-refractivity contribution in [1.29, 1.82) is 0 Å². The minimum Gasteiger partial charge on any atom is -0.345 e. The summed E-state index contributed by atoms with van der Waals surface area (Å²) >= 11 is 6.49. The third-order valence-corrected chi connectivity index (χ3v) is 7.50. The van der Waals surface area contributed by atoms with Crippen molar-refractivity contribution >= 4 is 56.8 Å². The van der Waals surface area contributed by atoms with Crippen LogP contribution in [0.3, 0.4) is 0 Å². The summed E-state index contributed by atoms with van der Waals surface area (Å²) in [7, 11) is 0. The first-order valence-corrected chi connectivity index (χ1v) is 13.1. The van der Waals surface area contributed by atoms with Crippen LogP contribution in [0.25, 0.3) is 33.1 Å². The van der Waals surface area contributed by atoms with Gasteiger partial charge in [0.1, 0.15) is 30.0 Å². The van der Waals surface area contributed by atoms with E-state index in [4.69, 9.17) is 11.6 Å². The summed E-state index contributed by atoms with van der Waals surface area (Å²) in [5, 5.41) is 7.54. The van der Waals surface area contributed by atoms with Gasteiger partial charge in [-0.05, 0) is 18.2 Å². The van der Waals surface area contributed by atoms with Crippen LogP contribution in [0.5, 0.6) is 0 Å². The van der Waals surface area contributed by atoms with E-state index in [1.54, 1.807) is 24.3 Å². The third-order valence-electron chi connectivity index (χ3n) is 7.12. The number of pyridine rings is 1. The normalized spacial score (nSPS) is 16.9. The smallest absolute Gasteiger partial charge is 0.247 e. The summed E-state index contributed by atoms with van der Waals surface area (Å²) in [6.45, 7) is 0.709. The fraction of sp³-hybridized carbons (Fsp3) is 0.214. The zero-order valence-electron chi connectivity index (χ0n) is 21.6. The minimum atomic E-state index is -1.45. The number of nitrogens with one attached hydrogen (secondary N) is 2. The van der Waals surface area contributed by atoms with Crippen molar-refractivity contribution in [2.24, 2.45) is 0 Å². The topological polar surface area (TPSA) is 126 Å². The number of carbonyl (C=O) groups excluding carboxylic acids is 3. The van der Waals surface area contributed by atoms with Gasteiger partial charge >= 0.3 is 0 Å². The lowest BCUT2D eigenvalue weighted by molar-refractivity contribution is -0.137. The standard InChI is InChI=1S/C28H22ClF2N7O3/c1-14(39)26-18-7-8-32-10-22(18)38(36-26)12-23(40)37-11-15(30)9-21(37)28(41)35-19-4-2-3-17(25(19)31)16-5-6-20-27(24(16)29)34-13-33-20/h2-8,10,13,15,21H,9,11-12H2,1H3,(H,33,34)(H,35,41)/t15-,21+/m1/s1. The van der Waals surface area contributed by atoms with Crippen molar-refractivity contribution in [3.05, 3.63) is 71.7 Å². The molecule has 0 unspecified atom stereocenters. The Kier molecular flexibility index (Phi) is 6.70. The zero-order chi connectivity index (χ0) is 28.8. The van der Waals surface area contributed by atoms with E-state index in [1.807, 2.05) is 0 Å². The van der Waals surface area contributed by atoms with Gasteiger partial charge in [-0.2, -0.15) is 5.10 Å². The van der Waals surface area contributed by atoms with E-state index in [1.165, 1.54) is 42.5 Å². The second kappa shape index (κ2) is 10.4. The molecule has 0 aliphatic carbocycles. The summed E-state index contributed by atoms with van der Waals surface area (Å²) in [6.07, 6.45) is 2.76. The number of aromatic nitrogens is 5. The molecule has 2 atom stereocenters. The van der Waals surface area contributed by atoms with Gasteiger partial charge < -0.3 is 15.2 Å². The Morgan fingerprint density at radius 2 is 2.00 bits per heavy atom. The number of fused-ring (bicyclic) bond motifs is 2. The molecule has 4 heterocycles. The van der Waals surface area contributed by atoms with Crippen molar-refractivity contribution < 1.29 is 23.2 Å². The van der Waals surface area contributed by atoms with E-state index in [-0.39, 0.29) is 47.3 Å². The minimum absolute atomic E-state index is 0.140. The number of anilines is 1. The van der Waals surface area contributed by atoms with Gasteiger partial charge in [0.05, 0.1) is 40.8 Å². The maximum atomic E-state index is 15.6. The van der Waals surface area contributed by atoms with E-state index in [9.17, 15) is 18.8 Å².